The van der Waals surface area contributed by atoms with E-state index >= 15 is 0 Å². The summed E-state index contributed by atoms with van der Waals surface area (Å²) in [4.78, 5) is 0. The van der Waals surface area contributed by atoms with Crippen molar-refractivity contribution in [3.63, 3.8) is 0 Å². The van der Waals surface area contributed by atoms with Crippen LogP contribution in [0.4, 0.5) is 0 Å². The van der Waals surface area contributed by atoms with E-state index in [-0.39, 0.29) is 8.65 Å². The molecule has 1 fully saturated rings. The normalized spacial score (nSPS) is 29.2. The van der Waals surface area contributed by atoms with E-state index in [0.717, 1.165) is 0 Å². The topological polar surface area (TPSA) is 0 Å². The Kier molecular flexibility index (Phi) is 3.70. The third-order valence-electron chi connectivity index (χ3n) is 4.76. The molecule has 1 aliphatic carbocycles. The zero-order valence-corrected chi connectivity index (χ0v) is 15.7. The molecule has 3 aromatic carbocycles. The van der Waals surface area contributed by atoms with Crippen molar-refractivity contribution in [3.8, 4) is 0 Å². The van der Waals surface area contributed by atoms with Gasteiger partial charge in [-0.3, -0.25) is 0 Å². The summed E-state index contributed by atoms with van der Waals surface area (Å²) in [5, 5.41) is 0. The summed E-state index contributed by atoms with van der Waals surface area (Å²) in [6.45, 7) is 0. The van der Waals surface area contributed by atoms with Crippen LogP contribution in [0.15, 0.2) is 91.0 Å². The predicted molar refractivity (Wildman–Crippen MR) is 103 cm³/mol. The summed E-state index contributed by atoms with van der Waals surface area (Å²) in [6, 6.07) is 32.1. The molecule has 0 spiro atoms. The molecule has 23 heavy (non-hydrogen) atoms. The highest BCUT2D eigenvalue weighted by Gasteiger charge is 2.76. The molecule has 0 N–H and O–H groups in total. The highest BCUT2D eigenvalue weighted by atomic mass is 79.9. The quantitative estimate of drug-likeness (QED) is 0.426. The van der Waals surface area contributed by atoms with Crippen LogP contribution in [0.25, 0.3) is 0 Å². The van der Waals surface area contributed by atoms with Crippen LogP contribution in [-0.2, 0) is 8.65 Å². The SMILES string of the molecule is BrC1(c2ccccc2)C(c2ccccc2)C1(Br)c1ccccc1. The van der Waals surface area contributed by atoms with Gasteiger partial charge in [-0.15, -0.1) is 0 Å². The molecule has 0 aromatic heterocycles. The van der Waals surface area contributed by atoms with Gasteiger partial charge in [-0.25, -0.2) is 0 Å². The van der Waals surface area contributed by atoms with Crippen LogP contribution in [0.3, 0.4) is 0 Å². The lowest BCUT2D eigenvalue weighted by molar-refractivity contribution is 0.934. The zero-order chi connectivity index (χ0) is 15.9. The van der Waals surface area contributed by atoms with Crippen molar-refractivity contribution < 1.29 is 0 Å². The maximum Gasteiger partial charge on any atom is 0.0791 e. The van der Waals surface area contributed by atoms with Crippen molar-refractivity contribution in [2.24, 2.45) is 0 Å². The van der Waals surface area contributed by atoms with Gasteiger partial charge in [-0.1, -0.05) is 123 Å². The van der Waals surface area contributed by atoms with Gasteiger partial charge in [0, 0.05) is 5.92 Å². The first kappa shape index (κ1) is 15.2. The number of hydrogen-bond donors (Lipinski definition) is 0. The maximum atomic E-state index is 4.11. The zero-order valence-electron chi connectivity index (χ0n) is 12.5. The summed E-state index contributed by atoms with van der Waals surface area (Å²) in [5.41, 5.74) is 3.94. The predicted octanol–water partition coefficient (Wildman–Crippen LogP) is 6.36. The van der Waals surface area contributed by atoms with Crippen LogP contribution < -0.4 is 0 Å². The molecule has 2 atom stereocenters. The fraction of sp³-hybridized carbons (Fsp3) is 0.143. The van der Waals surface area contributed by atoms with Crippen LogP contribution in [0, 0.1) is 0 Å². The summed E-state index contributed by atoms with van der Waals surface area (Å²) < 4.78 is -0.298. The highest BCUT2D eigenvalue weighted by molar-refractivity contribution is 9.13. The van der Waals surface area contributed by atoms with Crippen molar-refractivity contribution >= 4 is 31.9 Å². The van der Waals surface area contributed by atoms with Gasteiger partial charge in [0.05, 0.1) is 8.65 Å². The van der Waals surface area contributed by atoms with Gasteiger partial charge >= 0.3 is 0 Å². The molecule has 2 unspecified atom stereocenters. The number of hydrogen-bond acceptors (Lipinski definition) is 0. The van der Waals surface area contributed by atoms with E-state index in [0.29, 0.717) is 5.92 Å². The average Bonchev–Trinajstić information content (AvgIpc) is 3.16. The van der Waals surface area contributed by atoms with E-state index in [1.54, 1.807) is 0 Å². The molecule has 0 aliphatic heterocycles. The molecule has 0 amide bonds. The van der Waals surface area contributed by atoms with Gasteiger partial charge in [-0.2, -0.15) is 0 Å². The number of alkyl halides is 2. The number of rotatable bonds is 3. The molecule has 3 aromatic rings. The third-order valence-corrected chi connectivity index (χ3v) is 8.38. The molecule has 0 heterocycles. The molecular weight excluding hydrogens is 412 g/mol. The lowest BCUT2D eigenvalue weighted by Gasteiger charge is -2.16. The Morgan fingerprint density at radius 2 is 0.870 bits per heavy atom. The number of benzene rings is 3. The molecule has 114 valence electrons. The first-order chi connectivity index (χ1) is 11.2. The van der Waals surface area contributed by atoms with Gasteiger partial charge in [-0.05, 0) is 16.7 Å². The molecule has 4 rings (SSSR count). The second-order valence-electron chi connectivity index (χ2n) is 6.00. The van der Waals surface area contributed by atoms with E-state index < -0.39 is 0 Å². The molecule has 1 aliphatic rings. The minimum atomic E-state index is -0.149. The van der Waals surface area contributed by atoms with Gasteiger partial charge in [0.15, 0.2) is 0 Å². The van der Waals surface area contributed by atoms with E-state index in [4.69, 9.17) is 0 Å². The Bertz CT molecular complexity index is 750. The molecule has 0 bridgehead atoms. The van der Waals surface area contributed by atoms with E-state index in [1.807, 2.05) is 0 Å². The van der Waals surface area contributed by atoms with Crippen LogP contribution in [0.1, 0.15) is 22.6 Å². The smallest absolute Gasteiger partial charge is 0.0774 e. The van der Waals surface area contributed by atoms with Crippen molar-refractivity contribution in [1.29, 1.82) is 0 Å². The van der Waals surface area contributed by atoms with Gasteiger partial charge in [0.1, 0.15) is 0 Å². The van der Waals surface area contributed by atoms with Crippen molar-refractivity contribution in [2.45, 2.75) is 14.6 Å². The summed E-state index contributed by atoms with van der Waals surface area (Å²) in [6.07, 6.45) is 0. The van der Waals surface area contributed by atoms with E-state index in [1.165, 1.54) is 16.7 Å². The Labute approximate surface area is 153 Å². The minimum Gasteiger partial charge on any atom is -0.0774 e. The van der Waals surface area contributed by atoms with E-state index in [2.05, 4.69) is 123 Å². The summed E-state index contributed by atoms with van der Waals surface area (Å²) >= 11 is 8.23. The van der Waals surface area contributed by atoms with Crippen molar-refractivity contribution in [1.82, 2.24) is 0 Å². The monoisotopic (exact) mass is 426 g/mol. The molecule has 0 nitrogen and oxygen atoms in total. The molecule has 2 heteroatoms. The van der Waals surface area contributed by atoms with Crippen LogP contribution in [-0.4, -0.2) is 0 Å². The molecule has 1 saturated carbocycles. The van der Waals surface area contributed by atoms with Crippen molar-refractivity contribution in [2.75, 3.05) is 0 Å². The Morgan fingerprint density at radius 1 is 0.522 bits per heavy atom. The summed E-state index contributed by atoms with van der Waals surface area (Å²) in [5.74, 6) is 0.334. The van der Waals surface area contributed by atoms with Gasteiger partial charge < -0.3 is 0 Å². The standard InChI is InChI=1S/C21H16Br2/c22-20(17-12-6-2-7-13-17)19(16-10-4-1-5-11-16)21(20,23)18-14-8-3-9-15-18/h1-15,19H. The maximum absolute atomic E-state index is 4.11. The van der Waals surface area contributed by atoms with Gasteiger partial charge in [0.2, 0.25) is 0 Å². The second-order valence-corrected chi connectivity index (χ2v) is 8.50. The summed E-state index contributed by atoms with van der Waals surface area (Å²) in [7, 11) is 0. The minimum absolute atomic E-state index is 0.149. The van der Waals surface area contributed by atoms with Crippen molar-refractivity contribution in [3.05, 3.63) is 108 Å². The molecular formula is C21H16Br2. The third kappa shape index (κ3) is 2.15. The molecule has 0 saturated heterocycles. The highest BCUT2D eigenvalue weighted by Crippen LogP contribution is 2.81. The lowest BCUT2D eigenvalue weighted by Crippen LogP contribution is -2.10. The lowest BCUT2D eigenvalue weighted by atomic mass is 10.0. The largest absolute Gasteiger partial charge is 0.0791 e. The fourth-order valence-corrected chi connectivity index (χ4v) is 6.36. The number of halogens is 2. The average molecular weight is 428 g/mol. The first-order valence-electron chi connectivity index (χ1n) is 7.73. The molecule has 0 radical (unpaired) electrons. The van der Waals surface area contributed by atoms with E-state index in [9.17, 15) is 0 Å². The Balaban J connectivity index is 1.89. The fourth-order valence-electron chi connectivity index (χ4n) is 3.63. The van der Waals surface area contributed by atoms with Crippen LogP contribution in [0.2, 0.25) is 0 Å². The first-order valence-corrected chi connectivity index (χ1v) is 9.31. The Morgan fingerprint density at radius 3 is 1.26 bits per heavy atom. The Hall–Kier alpha value is -1.38. The van der Waals surface area contributed by atoms with Gasteiger partial charge in [0.25, 0.3) is 0 Å². The second kappa shape index (κ2) is 5.61. The van der Waals surface area contributed by atoms with Crippen LogP contribution in [0.5, 0.6) is 0 Å². The van der Waals surface area contributed by atoms with Crippen LogP contribution >= 0.6 is 31.9 Å².